The summed E-state index contributed by atoms with van der Waals surface area (Å²) < 4.78 is 0. The number of aryl methyl sites for hydroxylation is 1. The zero-order valence-corrected chi connectivity index (χ0v) is 9.63. The van der Waals surface area contributed by atoms with E-state index in [1.807, 2.05) is 38.2 Å². The minimum absolute atomic E-state index is 0.0795. The molecule has 1 rings (SSSR count). The minimum Gasteiger partial charge on any atom is -0.365 e. The van der Waals surface area contributed by atoms with Gasteiger partial charge >= 0.3 is 0 Å². The molecule has 1 aromatic rings. The van der Waals surface area contributed by atoms with Crippen molar-refractivity contribution >= 4 is 5.91 Å². The van der Waals surface area contributed by atoms with E-state index in [0.29, 0.717) is 13.0 Å². The van der Waals surface area contributed by atoms with Gasteiger partial charge in [-0.05, 0) is 32.6 Å². The number of hydrogen-bond donors (Lipinski definition) is 2. The first kappa shape index (κ1) is 11.8. The van der Waals surface area contributed by atoms with E-state index < -0.39 is 0 Å². The van der Waals surface area contributed by atoms with Crippen LogP contribution in [0.5, 0.6) is 0 Å². The summed E-state index contributed by atoms with van der Waals surface area (Å²) in [4.78, 5) is 16.6. The molecule has 1 heterocycles. The molecule has 0 fully saturated rings. The van der Waals surface area contributed by atoms with Crippen molar-refractivity contribution < 1.29 is 4.79 Å². The van der Waals surface area contributed by atoms with E-state index in [2.05, 4.69) is 10.3 Å². The average molecular weight is 209 g/mol. The average Bonchev–Trinajstić information content (AvgIpc) is 2.50. The molecule has 0 aliphatic carbocycles. The van der Waals surface area contributed by atoms with Crippen LogP contribution in [0, 0.1) is 6.92 Å². The van der Waals surface area contributed by atoms with E-state index in [1.54, 1.807) is 0 Å². The molecule has 0 saturated carbocycles. The molecule has 0 spiro atoms. The van der Waals surface area contributed by atoms with Gasteiger partial charge in [0.25, 0.3) is 0 Å². The maximum Gasteiger partial charge on any atom is 0.224 e. The smallest absolute Gasteiger partial charge is 0.224 e. The van der Waals surface area contributed by atoms with Crippen molar-refractivity contribution in [3.8, 4) is 0 Å². The molecular formula is C11H19N3O. The summed E-state index contributed by atoms with van der Waals surface area (Å²) in [6.45, 7) is 3.56. The lowest BCUT2D eigenvalue weighted by molar-refractivity contribution is -0.120. The van der Waals surface area contributed by atoms with Gasteiger partial charge in [-0.3, -0.25) is 4.79 Å². The van der Waals surface area contributed by atoms with Crippen LogP contribution in [0.25, 0.3) is 0 Å². The van der Waals surface area contributed by atoms with Crippen LogP contribution in [0.15, 0.2) is 12.3 Å². The lowest BCUT2D eigenvalue weighted by atomic mass is 10.2. The van der Waals surface area contributed by atoms with E-state index in [9.17, 15) is 4.79 Å². The van der Waals surface area contributed by atoms with Crippen LogP contribution >= 0.6 is 0 Å². The van der Waals surface area contributed by atoms with E-state index in [1.165, 1.54) is 0 Å². The number of nitrogens with zero attached hydrogens (tertiary/aromatic N) is 1. The van der Waals surface area contributed by atoms with Crippen LogP contribution in [0.3, 0.4) is 0 Å². The number of likely N-dealkylation sites (N-methyl/N-ethyl adjacent to an activating group) is 1. The summed E-state index contributed by atoms with van der Waals surface area (Å²) in [5, 5.41) is 2.88. The Kier molecular flexibility index (Phi) is 4.37. The van der Waals surface area contributed by atoms with Crippen LogP contribution in [-0.2, 0) is 11.2 Å². The largest absolute Gasteiger partial charge is 0.365 e. The maximum atomic E-state index is 11.5. The van der Waals surface area contributed by atoms with Gasteiger partial charge in [-0.15, -0.1) is 0 Å². The number of aromatic nitrogens is 1. The molecule has 0 radical (unpaired) electrons. The molecule has 4 heteroatoms. The number of amides is 1. The third kappa shape index (κ3) is 4.65. The van der Waals surface area contributed by atoms with Gasteiger partial charge in [-0.2, -0.15) is 0 Å². The van der Waals surface area contributed by atoms with E-state index in [-0.39, 0.29) is 5.91 Å². The molecule has 0 aliphatic rings. The Hall–Kier alpha value is -1.29. The third-order valence-electron chi connectivity index (χ3n) is 2.13. The lowest BCUT2D eigenvalue weighted by Crippen LogP contribution is -2.32. The summed E-state index contributed by atoms with van der Waals surface area (Å²) in [5.74, 6) is 0.0795. The Morgan fingerprint density at radius 1 is 1.53 bits per heavy atom. The highest BCUT2D eigenvalue weighted by Crippen LogP contribution is 2.02. The normalized spacial score (nSPS) is 10.7. The lowest BCUT2D eigenvalue weighted by Gasteiger charge is -2.09. The first-order valence-electron chi connectivity index (χ1n) is 5.13. The van der Waals surface area contributed by atoms with Crippen molar-refractivity contribution in [2.45, 2.75) is 13.3 Å². The topological polar surface area (TPSA) is 48.1 Å². The van der Waals surface area contributed by atoms with Crippen LogP contribution in [-0.4, -0.2) is 43.0 Å². The molecule has 0 aromatic carbocycles. The van der Waals surface area contributed by atoms with Crippen molar-refractivity contribution in [2.75, 3.05) is 27.2 Å². The molecule has 0 atom stereocenters. The number of carbonyl (C=O) groups excluding carboxylic acids is 1. The van der Waals surface area contributed by atoms with E-state index in [4.69, 9.17) is 0 Å². The number of rotatable bonds is 5. The van der Waals surface area contributed by atoms with Gasteiger partial charge in [0.05, 0.1) is 6.42 Å². The molecule has 0 bridgehead atoms. The van der Waals surface area contributed by atoms with Gasteiger partial charge in [-0.25, -0.2) is 0 Å². The first-order valence-corrected chi connectivity index (χ1v) is 5.13. The SMILES string of the molecule is Cc1cc(CC(=O)NCCN(C)C)c[nH]1. The molecule has 15 heavy (non-hydrogen) atoms. The van der Waals surface area contributed by atoms with Crippen molar-refractivity contribution in [3.63, 3.8) is 0 Å². The molecule has 0 aliphatic heterocycles. The fourth-order valence-electron chi connectivity index (χ4n) is 1.34. The monoisotopic (exact) mass is 209 g/mol. The van der Waals surface area contributed by atoms with Crippen molar-refractivity contribution in [1.29, 1.82) is 0 Å². The van der Waals surface area contributed by atoms with Crippen LogP contribution in [0.4, 0.5) is 0 Å². The zero-order valence-electron chi connectivity index (χ0n) is 9.63. The van der Waals surface area contributed by atoms with Gasteiger partial charge in [0.1, 0.15) is 0 Å². The predicted octanol–water partition coefficient (Wildman–Crippen LogP) is 0.543. The number of H-pyrrole nitrogens is 1. The second-order valence-electron chi connectivity index (χ2n) is 4.02. The molecule has 1 aromatic heterocycles. The number of nitrogens with one attached hydrogen (secondary N) is 2. The standard InChI is InChI=1S/C11H19N3O/c1-9-6-10(8-13-9)7-11(15)12-4-5-14(2)3/h6,8,13H,4-5,7H2,1-3H3,(H,12,15). The summed E-state index contributed by atoms with van der Waals surface area (Å²) in [5.41, 5.74) is 2.13. The first-order chi connectivity index (χ1) is 7.08. The highest BCUT2D eigenvalue weighted by atomic mass is 16.1. The Balaban J connectivity index is 2.24. The maximum absolute atomic E-state index is 11.5. The van der Waals surface area contributed by atoms with E-state index in [0.717, 1.165) is 17.8 Å². The molecule has 0 saturated heterocycles. The quantitative estimate of drug-likeness (QED) is 0.743. The third-order valence-corrected chi connectivity index (χ3v) is 2.13. The van der Waals surface area contributed by atoms with Crippen LogP contribution in [0.2, 0.25) is 0 Å². The Labute approximate surface area is 90.7 Å². The molecule has 0 unspecified atom stereocenters. The summed E-state index contributed by atoms with van der Waals surface area (Å²) in [6, 6.07) is 1.99. The fraction of sp³-hybridized carbons (Fsp3) is 0.545. The number of aromatic amines is 1. The van der Waals surface area contributed by atoms with Gasteiger partial charge in [0.2, 0.25) is 5.91 Å². The Morgan fingerprint density at radius 3 is 2.80 bits per heavy atom. The Morgan fingerprint density at radius 2 is 2.27 bits per heavy atom. The van der Waals surface area contributed by atoms with Gasteiger partial charge in [0, 0.05) is 25.0 Å². The molecule has 2 N–H and O–H groups in total. The van der Waals surface area contributed by atoms with Gasteiger partial charge in [-0.1, -0.05) is 0 Å². The zero-order chi connectivity index (χ0) is 11.3. The van der Waals surface area contributed by atoms with Crippen LogP contribution < -0.4 is 5.32 Å². The highest BCUT2D eigenvalue weighted by molar-refractivity contribution is 5.78. The molecular weight excluding hydrogens is 190 g/mol. The summed E-state index contributed by atoms with van der Waals surface area (Å²) >= 11 is 0. The van der Waals surface area contributed by atoms with Crippen molar-refractivity contribution in [1.82, 2.24) is 15.2 Å². The fourth-order valence-corrected chi connectivity index (χ4v) is 1.34. The minimum atomic E-state index is 0.0795. The van der Waals surface area contributed by atoms with E-state index >= 15 is 0 Å². The number of carbonyl (C=O) groups is 1. The van der Waals surface area contributed by atoms with Gasteiger partial charge < -0.3 is 15.2 Å². The predicted molar refractivity (Wildman–Crippen MR) is 60.8 cm³/mol. The second-order valence-corrected chi connectivity index (χ2v) is 4.02. The molecule has 84 valence electrons. The van der Waals surface area contributed by atoms with Crippen molar-refractivity contribution in [3.05, 3.63) is 23.5 Å². The summed E-state index contributed by atoms with van der Waals surface area (Å²) in [6.07, 6.45) is 2.33. The Bertz CT molecular complexity index is 317. The number of hydrogen-bond acceptors (Lipinski definition) is 2. The van der Waals surface area contributed by atoms with Crippen molar-refractivity contribution in [2.24, 2.45) is 0 Å². The second kappa shape index (κ2) is 5.56. The molecule has 1 amide bonds. The molecule has 4 nitrogen and oxygen atoms in total. The highest BCUT2D eigenvalue weighted by Gasteiger charge is 2.03. The van der Waals surface area contributed by atoms with Crippen LogP contribution in [0.1, 0.15) is 11.3 Å². The van der Waals surface area contributed by atoms with Gasteiger partial charge in [0.15, 0.2) is 0 Å². The summed E-state index contributed by atoms with van der Waals surface area (Å²) in [7, 11) is 3.98.